The number of carbonyl (C=O) groups excluding carboxylic acids is 1. The number of carbonyl (C=O) groups is 1. The van der Waals surface area contributed by atoms with Gasteiger partial charge in [-0.25, -0.2) is 9.31 Å². The SMILES string of the molecule is CN1CCN(c2ccc(NC(=O)Nc3nc4cccc(-c5cccc([SH+](C)=O)c5)n4n3)cc2)CC1. The van der Waals surface area contributed by atoms with Gasteiger partial charge in [-0.15, -0.1) is 9.31 Å². The summed E-state index contributed by atoms with van der Waals surface area (Å²) < 4.78 is 13.6. The molecule has 0 spiro atoms. The van der Waals surface area contributed by atoms with Crippen molar-refractivity contribution in [1.29, 1.82) is 0 Å². The maximum Gasteiger partial charge on any atom is 0.326 e. The molecule has 4 aromatic rings. The summed E-state index contributed by atoms with van der Waals surface area (Å²) in [5.41, 5.74) is 4.10. The molecule has 2 aromatic heterocycles. The van der Waals surface area contributed by atoms with Crippen LogP contribution in [0.2, 0.25) is 0 Å². The van der Waals surface area contributed by atoms with Crippen LogP contribution in [-0.4, -0.2) is 65.0 Å². The molecule has 0 saturated carbocycles. The van der Waals surface area contributed by atoms with E-state index in [4.69, 9.17) is 0 Å². The van der Waals surface area contributed by atoms with Gasteiger partial charge in [-0.05, 0) is 49.5 Å². The Labute approximate surface area is 206 Å². The maximum absolute atomic E-state index is 12.6. The van der Waals surface area contributed by atoms with Crippen molar-refractivity contribution < 1.29 is 9.00 Å². The van der Waals surface area contributed by atoms with Gasteiger partial charge in [0.15, 0.2) is 10.5 Å². The molecule has 0 radical (unpaired) electrons. The molecule has 3 heterocycles. The van der Waals surface area contributed by atoms with E-state index in [1.807, 2.05) is 66.7 Å². The van der Waals surface area contributed by atoms with Gasteiger partial charge < -0.3 is 15.1 Å². The summed E-state index contributed by atoms with van der Waals surface area (Å²) >= 11 is 0. The second kappa shape index (κ2) is 9.85. The van der Waals surface area contributed by atoms with Gasteiger partial charge >= 0.3 is 6.03 Å². The number of thiol groups is 1. The van der Waals surface area contributed by atoms with Crippen molar-refractivity contribution in [2.75, 3.05) is 55.0 Å². The van der Waals surface area contributed by atoms with Crippen LogP contribution in [0, 0.1) is 0 Å². The smallest absolute Gasteiger partial charge is 0.326 e. The van der Waals surface area contributed by atoms with Crippen molar-refractivity contribution in [2.24, 2.45) is 0 Å². The number of nitrogens with zero attached hydrogens (tertiary/aromatic N) is 5. The minimum absolute atomic E-state index is 0.196. The first-order chi connectivity index (χ1) is 17.0. The fourth-order valence-corrected chi connectivity index (χ4v) is 4.74. The number of piperazine rings is 1. The number of benzene rings is 2. The number of aromatic nitrogens is 3. The average molecular weight is 491 g/mol. The van der Waals surface area contributed by atoms with E-state index in [1.165, 1.54) is 0 Å². The Morgan fingerprint density at radius 3 is 2.43 bits per heavy atom. The Hall–Kier alpha value is -3.76. The third-order valence-corrected chi connectivity index (χ3v) is 7.09. The van der Waals surface area contributed by atoms with Crippen LogP contribution in [0.4, 0.5) is 22.1 Å². The molecule has 1 atom stereocenters. The largest absolute Gasteiger partial charge is 0.369 e. The molecular formula is C25H28N7O2S+. The molecule has 1 aliphatic heterocycles. The van der Waals surface area contributed by atoms with Gasteiger partial charge in [-0.2, -0.15) is 4.98 Å². The second-order valence-electron chi connectivity index (χ2n) is 8.58. The van der Waals surface area contributed by atoms with Crippen LogP contribution in [0.5, 0.6) is 0 Å². The van der Waals surface area contributed by atoms with Gasteiger partial charge in [-0.1, -0.05) is 18.2 Å². The fourth-order valence-electron chi connectivity index (χ4n) is 4.12. The number of pyridine rings is 1. The lowest BCUT2D eigenvalue weighted by Crippen LogP contribution is -2.44. The van der Waals surface area contributed by atoms with Gasteiger partial charge in [-0.3, -0.25) is 5.32 Å². The van der Waals surface area contributed by atoms with Gasteiger partial charge in [0, 0.05) is 49.2 Å². The molecule has 1 unspecified atom stereocenters. The average Bonchev–Trinajstić information content (AvgIpc) is 3.27. The zero-order valence-corrected chi connectivity index (χ0v) is 20.6. The maximum atomic E-state index is 12.6. The Kier molecular flexibility index (Phi) is 6.47. The lowest BCUT2D eigenvalue weighted by atomic mass is 10.1. The minimum Gasteiger partial charge on any atom is -0.369 e. The number of anilines is 3. The quantitative estimate of drug-likeness (QED) is 0.329. The second-order valence-corrected chi connectivity index (χ2v) is 10.1. The van der Waals surface area contributed by atoms with Crippen molar-refractivity contribution in [1.82, 2.24) is 19.5 Å². The van der Waals surface area contributed by atoms with Crippen LogP contribution in [0.15, 0.2) is 71.6 Å². The van der Waals surface area contributed by atoms with Crippen LogP contribution in [-0.2, 0) is 15.0 Å². The molecule has 5 rings (SSSR count). The number of likely N-dealkylation sites (N-methyl/N-ethyl adjacent to an activating group) is 1. The molecule has 2 N–H and O–H groups in total. The zero-order chi connectivity index (χ0) is 24.4. The van der Waals surface area contributed by atoms with Crippen molar-refractivity contribution in [3.63, 3.8) is 0 Å². The van der Waals surface area contributed by atoms with E-state index in [-0.39, 0.29) is 5.95 Å². The highest BCUT2D eigenvalue weighted by molar-refractivity contribution is 7.84. The monoisotopic (exact) mass is 490 g/mol. The van der Waals surface area contributed by atoms with Gasteiger partial charge in [0.25, 0.3) is 5.95 Å². The minimum atomic E-state index is -1.45. The van der Waals surface area contributed by atoms with Crippen LogP contribution < -0.4 is 15.5 Å². The summed E-state index contributed by atoms with van der Waals surface area (Å²) in [4.78, 5) is 22.5. The van der Waals surface area contributed by atoms with E-state index in [0.29, 0.717) is 11.3 Å². The summed E-state index contributed by atoms with van der Waals surface area (Å²) in [6.45, 7) is 4.07. The molecule has 180 valence electrons. The summed E-state index contributed by atoms with van der Waals surface area (Å²) in [5, 5.41) is 10.0. The first-order valence-electron chi connectivity index (χ1n) is 11.4. The Balaban J connectivity index is 1.28. The van der Waals surface area contributed by atoms with E-state index < -0.39 is 16.8 Å². The van der Waals surface area contributed by atoms with Crippen molar-refractivity contribution in [3.05, 3.63) is 66.7 Å². The molecule has 1 aliphatic rings. The molecule has 9 nitrogen and oxygen atoms in total. The fraction of sp³-hybridized carbons (Fsp3) is 0.240. The van der Waals surface area contributed by atoms with Crippen LogP contribution in [0.1, 0.15) is 0 Å². The standard InChI is InChI=1S/C25H27N7O2S/c1-30-13-15-31(16-14-30)20-11-9-19(10-12-20)26-25(33)28-24-27-23-8-4-7-22(32(23)29-24)18-5-3-6-21(17-18)35(2)34/h3-12,17H,13-16H2,1-2H3,(H2,26,28,29,33)/p+1. The molecule has 1 fully saturated rings. The number of hydrogen-bond donors (Lipinski definition) is 2. The van der Waals surface area contributed by atoms with Gasteiger partial charge in [0.05, 0.1) is 5.69 Å². The third kappa shape index (κ3) is 5.18. The number of urea groups is 1. The number of nitrogens with one attached hydrogen (secondary N) is 2. The first kappa shape index (κ1) is 23.0. The summed E-state index contributed by atoms with van der Waals surface area (Å²) in [6.07, 6.45) is 1.69. The predicted octanol–water partition coefficient (Wildman–Crippen LogP) is 3.48. The molecule has 0 aliphatic carbocycles. The molecule has 35 heavy (non-hydrogen) atoms. The molecule has 2 amide bonds. The van der Waals surface area contributed by atoms with E-state index in [9.17, 15) is 9.00 Å². The Morgan fingerprint density at radius 2 is 1.69 bits per heavy atom. The number of hydrogen-bond acceptors (Lipinski definition) is 6. The van der Waals surface area contributed by atoms with Gasteiger partial charge in [0.1, 0.15) is 17.1 Å². The van der Waals surface area contributed by atoms with Crippen molar-refractivity contribution in [3.8, 4) is 11.3 Å². The highest BCUT2D eigenvalue weighted by Gasteiger charge is 2.15. The summed E-state index contributed by atoms with van der Waals surface area (Å²) in [7, 11) is 0.685. The number of fused-ring (bicyclic) bond motifs is 1. The third-order valence-electron chi connectivity index (χ3n) is 6.08. The normalized spacial score (nSPS) is 15.2. The number of amides is 2. The van der Waals surface area contributed by atoms with E-state index in [0.717, 1.165) is 48.0 Å². The molecule has 0 bridgehead atoms. The van der Waals surface area contributed by atoms with Crippen LogP contribution in [0.3, 0.4) is 0 Å². The summed E-state index contributed by atoms with van der Waals surface area (Å²) in [6, 6.07) is 20.6. The van der Waals surface area contributed by atoms with Gasteiger partial charge in [0.2, 0.25) is 0 Å². The molecule has 10 heteroatoms. The first-order valence-corrected chi connectivity index (χ1v) is 13.2. The lowest BCUT2D eigenvalue weighted by Gasteiger charge is -2.34. The van der Waals surface area contributed by atoms with Crippen molar-refractivity contribution >= 4 is 39.8 Å². The van der Waals surface area contributed by atoms with E-state index in [1.54, 1.807) is 10.8 Å². The van der Waals surface area contributed by atoms with Crippen LogP contribution in [0.25, 0.3) is 16.9 Å². The van der Waals surface area contributed by atoms with E-state index >= 15 is 0 Å². The zero-order valence-electron chi connectivity index (χ0n) is 19.7. The van der Waals surface area contributed by atoms with E-state index in [2.05, 4.69) is 37.6 Å². The Morgan fingerprint density at radius 1 is 0.943 bits per heavy atom. The topological polar surface area (TPSA) is 94.9 Å². The van der Waals surface area contributed by atoms with Crippen molar-refractivity contribution in [2.45, 2.75) is 4.90 Å². The predicted molar refractivity (Wildman–Crippen MR) is 141 cm³/mol. The molecule has 1 saturated heterocycles. The highest BCUT2D eigenvalue weighted by Crippen LogP contribution is 2.23. The Bertz CT molecular complexity index is 1380. The molecule has 2 aromatic carbocycles. The number of rotatable bonds is 5. The lowest BCUT2D eigenvalue weighted by molar-refractivity contribution is 0.262. The van der Waals surface area contributed by atoms with Crippen LogP contribution >= 0.6 is 0 Å². The summed E-state index contributed by atoms with van der Waals surface area (Å²) in [5.74, 6) is 0.196. The highest BCUT2D eigenvalue weighted by atomic mass is 32.2. The molecular weight excluding hydrogens is 462 g/mol.